The Kier molecular flexibility index (Phi) is 5.38. The van der Waals surface area contributed by atoms with Gasteiger partial charge in [0.2, 0.25) is 0 Å². The number of nitrogens with zero attached hydrogens (tertiary/aromatic N) is 2. The molecule has 8 nitrogen and oxygen atoms in total. The van der Waals surface area contributed by atoms with Crippen LogP contribution < -0.4 is 10.2 Å². The van der Waals surface area contributed by atoms with Gasteiger partial charge in [0.25, 0.3) is 11.6 Å². The zero-order valence-corrected chi connectivity index (χ0v) is 13.7. The number of nitro benzene ring substituents is 1. The first-order valence-electron chi connectivity index (χ1n) is 7.88. The molecular weight excluding hydrogens is 314 g/mol. The number of carbonyl (C=O) groups excluding carboxylic acids is 1. The SMILES string of the molecule is CC(C)[C@H](NC(=O)c1ccc(N2CCCC2)c([N+](=O)[O-])c1)C(=O)O. The highest BCUT2D eigenvalue weighted by atomic mass is 16.6. The van der Waals surface area contributed by atoms with Crippen LogP contribution in [-0.4, -0.2) is 41.0 Å². The Morgan fingerprint density at radius 1 is 1.29 bits per heavy atom. The molecule has 2 N–H and O–H groups in total. The quantitative estimate of drug-likeness (QED) is 0.607. The zero-order valence-electron chi connectivity index (χ0n) is 13.7. The molecule has 1 aromatic rings. The van der Waals surface area contributed by atoms with Crippen molar-refractivity contribution in [2.24, 2.45) is 5.92 Å². The van der Waals surface area contributed by atoms with Crippen molar-refractivity contribution in [3.05, 3.63) is 33.9 Å². The third-order valence-electron chi connectivity index (χ3n) is 4.10. The van der Waals surface area contributed by atoms with Crippen molar-refractivity contribution in [3.63, 3.8) is 0 Å². The standard InChI is InChI=1S/C16H21N3O5/c1-10(2)14(16(21)22)17-15(20)11-5-6-12(13(9-11)19(23)24)18-7-3-4-8-18/h5-6,9-10,14H,3-4,7-8H2,1-2H3,(H,17,20)(H,21,22)/t14-/m0/s1. The summed E-state index contributed by atoms with van der Waals surface area (Å²) in [6.07, 6.45) is 1.96. The summed E-state index contributed by atoms with van der Waals surface area (Å²) >= 11 is 0. The van der Waals surface area contributed by atoms with Crippen LogP contribution in [0.5, 0.6) is 0 Å². The van der Waals surface area contributed by atoms with Gasteiger partial charge in [-0.3, -0.25) is 14.9 Å². The average Bonchev–Trinajstić information content (AvgIpc) is 3.05. The highest BCUT2D eigenvalue weighted by Crippen LogP contribution is 2.31. The van der Waals surface area contributed by atoms with Crippen LogP contribution in [0, 0.1) is 16.0 Å². The summed E-state index contributed by atoms with van der Waals surface area (Å²) in [4.78, 5) is 36.2. The fourth-order valence-electron chi connectivity index (χ4n) is 2.77. The number of nitrogens with one attached hydrogen (secondary N) is 1. The fraction of sp³-hybridized carbons (Fsp3) is 0.500. The lowest BCUT2D eigenvalue weighted by molar-refractivity contribution is -0.384. The maximum absolute atomic E-state index is 12.3. The third-order valence-corrected chi connectivity index (χ3v) is 4.10. The van der Waals surface area contributed by atoms with E-state index in [1.165, 1.54) is 12.1 Å². The molecule has 2 rings (SSSR count). The Morgan fingerprint density at radius 2 is 1.92 bits per heavy atom. The number of carboxylic acids is 1. The van der Waals surface area contributed by atoms with Gasteiger partial charge >= 0.3 is 5.97 Å². The van der Waals surface area contributed by atoms with E-state index >= 15 is 0 Å². The summed E-state index contributed by atoms with van der Waals surface area (Å²) < 4.78 is 0. The van der Waals surface area contributed by atoms with Crippen LogP contribution in [0.25, 0.3) is 0 Å². The van der Waals surface area contributed by atoms with Crippen LogP contribution in [0.4, 0.5) is 11.4 Å². The number of amides is 1. The normalized spacial score (nSPS) is 15.4. The summed E-state index contributed by atoms with van der Waals surface area (Å²) in [6, 6.07) is 3.22. The number of carbonyl (C=O) groups is 2. The molecule has 0 radical (unpaired) electrons. The lowest BCUT2D eigenvalue weighted by atomic mass is 10.0. The first-order chi connectivity index (χ1) is 11.3. The second-order valence-corrected chi connectivity index (χ2v) is 6.19. The Hall–Kier alpha value is -2.64. The number of anilines is 1. The lowest BCUT2D eigenvalue weighted by Crippen LogP contribution is -2.44. The van der Waals surface area contributed by atoms with Crippen LogP contribution >= 0.6 is 0 Å². The Morgan fingerprint density at radius 3 is 2.42 bits per heavy atom. The molecule has 0 aromatic heterocycles. The van der Waals surface area contributed by atoms with E-state index in [1.807, 2.05) is 4.90 Å². The minimum absolute atomic E-state index is 0.0801. The number of carboxylic acid groups (broad SMARTS) is 1. The zero-order chi connectivity index (χ0) is 17.9. The van der Waals surface area contributed by atoms with Crippen LogP contribution in [0.1, 0.15) is 37.0 Å². The van der Waals surface area contributed by atoms with Crippen molar-refractivity contribution in [1.82, 2.24) is 5.32 Å². The molecule has 1 fully saturated rings. The molecule has 1 heterocycles. The molecule has 8 heteroatoms. The summed E-state index contributed by atoms with van der Waals surface area (Å²) in [5.41, 5.74) is 0.435. The number of hydrogen-bond acceptors (Lipinski definition) is 5. The summed E-state index contributed by atoms with van der Waals surface area (Å²) in [6.45, 7) is 4.86. The first-order valence-corrected chi connectivity index (χ1v) is 7.88. The van der Waals surface area contributed by atoms with Gasteiger partial charge in [0.1, 0.15) is 11.7 Å². The van der Waals surface area contributed by atoms with Gasteiger partial charge in [-0.05, 0) is 30.9 Å². The number of benzene rings is 1. The molecule has 0 unspecified atom stereocenters. The van der Waals surface area contributed by atoms with Gasteiger partial charge in [-0.1, -0.05) is 13.8 Å². The Balaban J connectivity index is 2.27. The largest absolute Gasteiger partial charge is 0.480 e. The van der Waals surface area contributed by atoms with Crippen molar-refractivity contribution < 1.29 is 19.6 Å². The van der Waals surface area contributed by atoms with E-state index in [4.69, 9.17) is 5.11 Å². The minimum atomic E-state index is -1.14. The maximum Gasteiger partial charge on any atom is 0.326 e. The highest BCUT2D eigenvalue weighted by molar-refractivity contribution is 5.98. The van der Waals surface area contributed by atoms with E-state index in [0.717, 1.165) is 25.9 Å². The lowest BCUT2D eigenvalue weighted by Gasteiger charge is -2.19. The van der Waals surface area contributed by atoms with Crippen molar-refractivity contribution in [2.45, 2.75) is 32.7 Å². The van der Waals surface area contributed by atoms with Gasteiger partial charge in [0, 0.05) is 24.7 Å². The van der Waals surface area contributed by atoms with E-state index in [-0.39, 0.29) is 17.2 Å². The van der Waals surface area contributed by atoms with Crippen LogP contribution in [0.15, 0.2) is 18.2 Å². The Labute approximate surface area is 139 Å². The molecule has 0 aliphatic carbocycles. The molecule has 1 saturated heterocycles. The maximum atomic E-state index is 12.3. The molecule has 130 valence electrons. The van der Waals surface area contributed by atoms with E-state index in [9.17, 15) is 19.7 Å². The molecule has 24 heavy (non-hydrogen) atoms. The van der Waals surface area contributed by atoms with E-state index in [0.29, 0.717) is 5.69 Å². The van der Waals surface area contributed by atoms with Gasteiger partial charge in [-0.25, -0.2) is 4.79 Å². The van der Waals surface area contributed by atoms with Gasteiger partial charge in [0.05, 0.1) is 4.92 Å². The molecule has 1 aliphatic rings. The fourth-order valence-corrected chi connectivity index (χ4v) is 2.77. The van der Waals surface area contributed by atoms with Gasteiger partial charge in [0.15, 0.2) is 0 Å². The molecule has 1 atom stereocenters. The monoisotopic (exact) mass is 335 g/mol. The first kappa shape index (κ1) is 17.7. The molecule has 1 amide bonds. The van der Waals surface area contributed by atoms with Crippen molar-refractivity contribution in [2.75, 3.05) is 18.0 Å². The van der Waals surface area contributed by atoms with Gasteiger partial charge < -0.3 is 15.3 Å². The smallest absolute Gasteiger partial charge is 0.326 e. The van der Waals surface area contributed by atoms with Gasteiger partial charge in [-0.15, -0.1) is 0 Å². The molecule has 1 aromatic carbocycles. The second kappa shape index (κ2) is 7.29. The summed E-state index contributed by atoms with van der Waals surface area (Å²) in [7, 11) is 0. The topological polar surface area (TPSA) is 113 Å². The number of nitro groups is 1. The van der Waals surface area contributed by atoms with Crippen LogP contribution in [0.2, 0.25) is 0 Å². The van der Waals surface area contributed by atoms with Crippen molar-refractivity contribution >= 4 is 23.3 Å². The van der Waals surface area contributed by atoms with E-state index < -0.39 is 22.8 Å². The third kappa shape index (κ3) is 3.81. The van der Waals surface area contributed by atoms with Crippen molar-refractivity contribution in [1.29, 1.82) is 0 Å². The molecular formula is C16H21N3O5. The highest BCUT2D eigenvalue weighted by Gasteiger charge is 2.27. The molecule has 0 bridgehead atoms. The molecule has 0 saturated carbocycles. The second-order valence-electron chi connectivity index (χ2n) is 6.19. The van der Waals surface area contributed by atoms with E-state index in [2.05, 4.69) is 5.32 Å². The van der Waals surface area contributed by atoms with Crippen molar-refractivity contribution in [3.8, 4) is 0 Å². The number of rotatable bonds is 6. The molecule has 0 spiro atoms. The average molecular weight is 335 g/mol. The summed E-state index contributed by atoms with van der Waals surface area (Å²) in [5.74, 6) is -2.07. The summed E-state index contributed by atoms with van der Waals surface area (Å²) in [5, 5.41) is 22.9. The number of hydrogen-bond donors (Lipinski definition) is 2. The minimum Gasteiger partial charge on any atom is -0.480 e. The molecule has 1 aliphatic heterocycles. The predicted octanol–water partition coefficient (Wildman–Crippen LogP) is 2.03. The van der Waals surface area contributed by atoms with Gasteiger partial charge in [-0.2, -0.15) is 0 Å². The van der Waals surface area contributed by atoms with E-state index in [1.54, 1.807) is 19.9 Å². The van der Waals surface area contributed by atoms with Crippen LogP contribution in [0.3, 0.4) is 0 Å². The predicted molar refractivity (Wildman–Crippen MR) is 88.3 cm³/mol. The van der Waals surface area contributed by atoms with Crippen LogP contribution in [-0.2, 0) is 4.79 Å². The number of aliphatic carboxylic acids is 1. The Bertz CT molecular complexity index is 653.